The van der Waals surface area contributed by atoms with Gasteiger partial charge in [0.15, 0.2) is 0 Å². The monoisotopic (exact) mass is 356 g/mol. The number of nitrogens with zero attached hydrogens (tertiary/aromatic N) is 3. The van der Waals surface area contributed by atoms with Gasteiger partial charge < -0.3 is 10.1 Å². The molecule has 1 aromatic carbocycles. The molecular weight excluding hydrogens is 339 g/mol. The Bertz CT molecular complexity index is 875. The summed E-state index contributed by atoms with van der Waals surface area (Å²) >= 11 is 1.75. The molecule has 2 heterocycles. The molecular formula is C18H17FN4OS. The summed E-state index contributed by atoms with van der Waals surface area (Å²) in [6.45, 7) is 0. The smallest absolute Gasteiger partial charge is 0.135 e. The predicted octanol–water partition coefficient (Wildman–Crippen LogP) is 4.29. The van der Waals surface area contributed by atoms with Gasteiger partial charge in [0, 0.05) is 29.6 Å². The van der Waals surface area contributed by atoms with Crippen molar-refractivity contribution in [1.29, 1.82) is 0 Å². The molecule has 0 saturated heterocycles. The lowest BCUT2D eigenvalue weighted by Crippen LogP contribution is -1.99. The number of ether oxygens (including phenoxy) is 1. The molecule has 0 aliphatic carbocycles. The summed E-state index contributed by atoms with van der Waals surface area (Å²) in [5.41, 5.74) is 2.51. The number of methoxy groups -OCH3 is 1. The summed E-state index contributed by atoms with van der Waals surface area (Å²) in [7, 11) is 1.50. The summed E-state index contributed by atoms with van der Waals surface area (Å²) in [5.74, 6) is 2.29. The van der Waals surface area contributed by atoms with E-state index in [-0.39, 0.29) is 5.82 Å². The summed E-state index contributed by atoms with van der Waals surface area (Å²) < 4.78 is 18.6. The number of halogens is 1. The van der Waals surface area contributed by atoms with Gasteiger partial charge in [-0.2, -0.15) is 11.8 Å². The van der Waals surface area contributed by atoms with Crippen LogP contribution in [0.25, 0.3) is 11.3 Å². The van der Waals surface area contributed by atoms with Gasteiger partial charge in [0.25, 0.3) is 0 Å². The molecule has 0 bridgehead atoms. The molecule has 0 amide bonds. The fourth-order valence-corrected chi connectivity index (χ4v) is 2.89. The first-order valence-electron chi connectivity index (χ1n) is 7.56. The zero-order valence-corrected chi connectivity index (χ0v) is 14.7. The standard InChI is InChI=1S/C18H17FN4OS/c1-24-16-8-13(19)3-4-14(16)15-9-18(22-11-21-15)23-17-7-12(10-25-2)5-6-20-17/h3-9,11H,10H2,1-2H3,(H,20,21,22,23). The molecule has 0 radical (unpaired) electrons. The van der Waals surface area contributed by atoms with Gasteiger partial charge in [-0.3, -0.25) is 0 Å². The largest absolute Gasteiger partial charge is 0.496 e. The minimum Gasteiger partial charge on any atom is -0.496 e. The van der Waals surface area contributed by atoms with Crippen molar-refractivity contribution in [3.63, 3.8) is 0 Å². The molecule has 7 heteroatoms. The van der Waals surface area contributed by atoms with Crippen molar-refractivity contribution >= 4 is 23.4 Å². The lowest BCUT2D eigenvalue weighted by Gasteiger charge is -2.10. The molecule has 0 atom stereocenters. The van der Waals surface area contributed by atoms with Crippen LogP contribution >= 0.6 is 11.8 Å². The van der Waals surface area contributed by atoms with Gasteiger partial charge in [-0.15, -0.1) is 0 Å². The second-order valence-electron chi connectivity index (χ2n) is 5.24. The zero-order chi connectivity index (χ0) is 17.6. The number of thioether (sulfide) groups is 1. The van der Waals surface area contributed by atoms with E-state index < -0.39 is 0 Å². The molecule has 0 spiro atoms. The molecule has 0 aliphatic heterocycles. The minimum atomic E-state index is -0.359. The molecule has 2 aromatic heterocycles. The second kappa shape index (κ2) is 7.94. The van der Waals surface area contributed by atoms with Gasteiger partial charge in [-0.1, -0.05) is 0 Å². The highest BCUT2D eigenvalue weighted by Gasteiger charge is 2.10. The quantitative estimate of drug-likeness (QED) is 0.711. The van der Waals surface area contributed by atoms with Gasteiger partial charge in [0.1, 0.15) is 29.5 Å². The Labute approximate surface area is 149 Å². The minimum absolute atomic E-state index is 0.359. The maximum absolute atomic E-state index is 13.4. The third kappa shape index (κ3) is 4.24. The van der Waals surface area contributed by atoms with Crippen LogP contribution in [0.3, 0.4) is 0 Å². The lowest BCUT2D eigenvalue weighted by molar-refractivity contribution is 0.413. The first-order valence-corrected chi connectivity index (χ1v) is 8.96. The van der Waals surface area contributed by atoms with Gasteiger partial charge in [0.05, 0.1) is 12.8 Å². The van der Waals surface area contributed by atoms with E-state index >= 15 is 0 Å². The van der Waals surface area contributed by atoms with Crippen molar-refractivity contribution in [3.8, 4) is 17.0 Å². The van der Waals surface area contributed by atoms with E-state index in [1.54, 1.807) is 30.1 Å². The Kier molecular flexibility index (Phi) is 5.45. The molecule has 1 N–H and O–H groups in total. The van der Waals surface area contributed by atoms with E-state index in [4.69, 9.17) is 4.74 Å². The third-order valence-electron chi connectivity index (χ3n) is 3.50. The Morgan fingerprint density at radius 3 is 2.72 bits per heavy atom. The Morgan fingerprint density at radius 2 is 1.92 bits per heavy atom. The van der Waals surface area contributed by atoms with Gasteiger partial charge in [-0.25, -0.2) is 19.3 Å². The van der Waals surface area contributed by atoms with Crippen molar-refractivity contribution < 1.29 is 9.13 Å². The van der Waals surface area contributed by atoms with Crippen LogP contribution in [-0.2, 0) is 5.75 Å². The number of rotatable bonds is 6. The van der Waals surface area contributed by atoms with Gasteiger partial charge in [-0.05, 0) is 36.1 Å². The number of anilines is 2. The Balaban J connectivity index is 1.88. The highest BCUT2D eigenvalue weighted by atomic mass is 32.2. The number of benzene rings is 1. The molecule has 25 heavy (non-hydrogen) atoms. The number of aromatic nitrogens is 3. The SMILES string of the molecule is COc1cc(F)ccc1-c1cc(Nc2cc(CSC)ccn2)ncn1. The highest BCUT2D eigenvalue weighted by molar-refractivity contribution is 7.97. The molecule has 0 saturated carbocycles. The van der Waals surface area contributed by atoms with Crippen molar-refractivity contribution in [2.45, 2.75) is 5.75 Å². The molecule has 3 rings (SSSR count). The highest BCUT2D eigenvalue weighted by Crippen LogP contribution is 2.30. The second-order valence-corrected chi connectivity index (χ2v) is 6.11. The Hall–Kier alpha value is -2.67. The van der Waals surface area contributed by atoms with Crippen molar-refractivity contribution in [1.82, 2.24) is 15.0 Å². The average Bonchev–Trinajstić information content (AvgIpc) is 2.62. The van der Waals surface area contributed by atoms with E-state index in [2.05, 4.69) is 26.5 Å². The van der Waals surface area contributed by atoms with Crippen molar-refractivity contribution in [2.24, 2.45) is 0 Å². The van der Waals surface area contributed by atoms with Crippen LogP contribution in [0.4, 0.5) is 16.0 Å². The molecule has 0 fully saturated rings. The summed E-state index contributed by atoms with van der Waals surface area (Å²) in [6.07, 6.45) is 5.27. The van der Waals surface area contributed by atoms with Crippen LogP contribution < -0.4 is 10.1 Å². The maximum Gasteiger partial charge on any atom is 0.135 e. The van der Waals surface area contributed by atoms with Crippen LogP contribution in [0.1, 0.15) is 5.56 Å². The van der Waals surface area contributed by atoms with E-state index in [0.717, 1.165) is 5.75 Å². The Morgan fingerprint density at radius 1 is 1.08 bits per heavy atom. The fourth-order valence-electron chi connectivity index (χ4n) is 2.38. The normalized spacial score (nSPS) is 10.5. The maximum atomic E-state index is 13.4. The molecule has 0 unspecified atom stereocenters. The summed E-state index contributed by atoms with van der Waals surface area (Å²) in [6, 6.07) is 10.1. The lowest BCUT2D eigenvalue weighted by atomic mass is 10.1. The van der Waals surface area contributed by atoms with E-state index in [1.807, 2.05) is 12.1 Å². The predicted molar refractivity (Wildman–Crippen MR) is 98.7 cm³/mol. The third-order valence-corrected chi connectivity index (χ3v) is 4.12. The van der Waals surface area contributed by atoms with Crippen LogP contribution in [0, 0.1) is 5.82 Å². The zero-order valence-electron chi connectivity index (χ0n) is 13.9. The number of nitrogens with one attached hydrogen (secondary N) is 1. The average molecular weight is 356 g/mol. The summed E-state index contributed by atoms with van der Waals surface area (Å²) in [5, 5.41) is 3.18. The number of pyridine rings is 1. The first kappa shape index (κ1) is 17.2. The van der Waals surface area contributed by atoms with Gasteiger partial charge in [0.2, 0.25) is 0 Å². The summed E-state index contributed by atoms with van der Waals surface area (Å²) in [4.78, 5) is 12.8. The van der Waals surface area contributed by atoms with Crippen LogP contribution in [0.5, 0.6) is 5.75 Å². The van der Waals surface area contributed by atoms with E-state index in [0.29, 0.717) is 28.6 Å². The van der Waals surface area contributed by atoms with E-state index in [1.165, 1.54) is 31.1 Å². The van der Waals surface area contributed by atoms with Crippen LogP contribution in [0.2, 0.25) is 0 Å². The van der Waals surface area contributed by atoms with Crippen molar-refractivity contribution in [3.05, 3.63) is 60.3 Å². The van der Waals surface area contributed by atoms with Gasteiger partial charge >= 0.3 is 0 Å². The first-order chi connectivity index (χ1) is 12.2. The molecule has 128 valence electrons. The molecule has 0 aliphatic rings. The number of hydrogen-bond donors (Lipinski definition) is 1. The van der Waals surface area contributed by atoms with Crippen LogP contribution in [-0.4, -0.2) is 28.3 Å². The fraction of sp³-hybridized carbons (Fsp3) is 0.167. The number of hydrogen-bond acceptors (Lipinski definition) is 6. The van der Waals surface area contributed by atoms with Crippen molar-refractivity contribution in [2.75, 3.05) is 18.7 Å². The van der Waals surface area contributed by atoms with Crippen LogP contribution in [0.15, 0.2) is 48.9 Å². The molecule has 5 nitrogen and oxygen atoms in total. The van der Waals surface area contributed by atoms with E-state index in [9.17, 15) is 4.39 Å². The molecule has 3 aromatic rings. The topological polar surface area (TPSA) is 59.9 Å².